The van der Waals surface area contributed by atoms with Crippen molar-refractivity contribution in [3.05, 3.63) is 88.0 Å². The monoisotopic (exact) mass is 343 g/mol. The van der Waals surface area contributed by atoms with Crippen LogP contribution in [-0.4, -0.2) is 9.97 Å². The number of benzene rings is 3. The number of nitrogens with zero attached hydrogens (tertiary/aromatic N) is 1. The number of rotatable bonds is 4. The second-order valence-corrected chi connectivity index (χ2v) is 6.69. The van der Waals surface area contributed by atoms with Crippen molar-refractivity contribution in [3.63, 3.8) is 0 Å². The molecule has 26 heavy (non-hydrogen) atoms. The lowest BCUT2D eigenvalue weighted by atomic mass is 10.0. The molecule has 0 aliphatic rings. The van der Waals surface area contributed by atoms with Gasteiger partial charge in [0.25, 0.3) is 5.56 Å². The molecule has 1 heterocycles. The zero-order valence-corrected chi connectivity index (χ0v) is 14.9. The largest absolute Gasteiger partial charge is 0.309 e. The number of aromatic nitrogens is 2. The van der Waals surface area contributed by atoms with Gasteiger partial charge in [0.15, 0.2) is 0 Å². The molecule has 0 saturated heterocycles. The van der Waals surface area contributed by atoms with Crippen molar-refractivity contribution in [1.29, 1.82) is 0 Å². The molecular weight excluding hydrogens is 322 g/mol. The van der Waals surface area contributed by atoms with Crippen LogP contribution in [0.2, 0.25) is 0 Å². The van der Waals surface area contributed by atoms with Gasteiger partial charge in [-0.25, -0.2) is 4.98 Å². The third-order valence-corrected chi connectivity index (χ3v) is 4.84. The van der Waals surface area contributed by atoms with Crippen LogP contribution in [0.5, 0.6) is 0 Å². The topological polar surface area (TPSA) is 57.8 Å². The molecule has 0 fully saturated rings. The van der Waals surface area contributed by atoms with Gasteiger partial charge in [0.1, 0.15) is 5.82 Å². The molecule has 2 N–H and O–H groups in total. The van der Waals surface area contributed by atoms with Gasteiger partial charge in [-0.3, -0.25) is 4.79 Å². The average molecular weight is 343 g/mol. The predicted molar refractivity (Wildman–Crippen MR) is 106 cm³/mol. The molecule has 0 bridgehead atoms. The predicted octanol–water partition coefficient (Wildman–Crippen LogP) is 4.24. The standard InChI is InChI=1S/C22H21N3O/c1-14-6-5-9-19-21(14)24-20(25-22(19)26)13-23-15(2)17-11-10-16-7-3-4-8-18(16)12-17/h3-12,15,23H,13H2,1-2H3,(H,24,25,26)/t15-/m1/s1. The Morgan fingerprint density at radius 3 is 2.69 bits per heavy atom. The number of para-hydroxylation sites is 1. The molecule has 0 spiro atoms. The van der Waals surface area contributed by atoms with Gasteiger partial charge in [-0.15, -0.1) is 0 Å². The van der Waals surface area contributed by atoms with Crippen LogP contribution in [-0.2, 0) is 6.54 Å². The van der Waals surface area contributed by atoms with Crippen molar-refractivity contribution < 1.29 is 0 Å². The summed E-state index contributed by atoms with van der Waals surface area (Å²) in [5.74, 6) is 0.657. The molecule has 0 aliphatic carbocycles. The van der Waals surface area contributed by atoms with E-state index in [1.807, 2.05) is 31.2 Å². The summed E-state index contributed by atoms with van der Waals surface area (Å²) in [6, 6.07) is 20.6. The molecule has 0 unspecified atom stereocenters. The van der Waals surface area contributed by atoms with Crippen molar-refractivity contribution in [2.75, 3.05) is 0 Å². The molecule has 3 aromatic carbocycles. The number of nitrogens with one attached hydrogen (secondary N) is 2. The van der Waals surface area contributed by atoms with E-state index in [0.29, 0.717) is 17.8 Å². The molecule has 130 valence electrons. The summed E-state index contributed by atoms with van der Waals surface area (Å²) in [7, 11) is 0. The Morgan fingerprint density at radius 1 is 1.04 bits per heavy atom. The van der Waals surface area contributed by atoms with Crippen LogP contribution in [0.15, 0.2) is 65.5 Å². The van der Waals surface area contributed by atoms with Gasteiger partial charge < -0.3 is 10.3 Å². The van der Waals surface area contributed by atoms with Gasteiger partial charge in [-0.1, -0.05) is 48.5 Å². The maximum absolute atomic E-state index is 12.3. The first-order valence-electron chi connectivity index (χ1n) is 8.82. The number of fused-ring (bicyclic) bond motifs is 2. The van der Waals surface area contributed by atoms with E-state index in [0.717, 1.165) is 11.1 Å². The van der Waals surface area contributed by atoms with Gasteiger partial charge in [-0.2, -0.15) is 0 Å². The van der Waals surface area contributed by atoms with Crippen LogP contribution >= 0.6 is 0 Å². The number of hydrogen-bond acceptors (Lipinski definition) is 3. The van der Waals surface area contributed by atoms with Crippen LogP contribution in [0.1, 0.15) is 29.9 Å². The van der Waals surface area contributed by atoms with E-state index in [2.05, 4.69) is 58.6 Å². The smallest absolute Gasteiger partial charge is 0.258 e. The quantitative estimate of drug-likeness (QED) is 0.583. The molecule has 4 heteroatoms. The van der Waals surface area contributed by atoms with E-state index in [1.165, 1.54) is 16.3 Å². The summed E-state index contributed by atoms with van der Waals surface area (Å²) in [6.45, 7) is 4.60. The van der Waals surface area contributed by atoms with E-state index in [4.69, 9.17) is 0 Å². The highest BCUT2D eigenvalue weighted by Crippen LogP contribution is 2.20. The van der Waals surface area contributed by atoms with Gasteiger partial charge >= 0.3 is 0 Å². The second kappa shape index (κ2) is 6.73. The SMILES string of the molecule is Cc1cccc2c(=O)[nH]c(CN[C@H](C)c3ccc4ccccc4c3)nc12. The molecule has 1 aromatic heterocycles. The van der Waals surface area contributed by atoms with Crippen LogP contribution in [0.25, 0.3) is 21.7 Å². The van der Waals surface area contributed by atoms with E-state index < -0.39 is 0 Å². The average Bonchev–Trinajstić information content (AvgIpc) is 2.66. The molecule has 4 rings (SSSR count). The van der Waals surface area contributed by atoms with E-state index in [1.54, 1.807) is 0 Å². The molecular formula is C22H21N3O. The minimum atomic E-state index is -0.0890. The Balaban J connectivity index is 1.57. The second-order valence-electron chi connectivity index (χ2n) is 6.69. The van der Waals surface area contributed by atoms with E-state index >= 15 is 0 Å². The molecule has 1 atom stereocenters. The summed E-state index contributed by atoms with van der Waals surface area (Å²) < 4.78 is 0. The fourth-order valence-electron chi connectivity index (χ4n) is 3.28. The Kier molecular flexibility index (Phi) is 4.27. The Morgan fingerprint density at radius 2 is 1.85 bits per heavy atom. The first-order chi connectivity index (χ1) is 12.6. The Hall–Kier alpha value is -2.98. The first-order valence-corrected chi connectivity index (χ1v) is 8.82. The molecule has 4 nitrogen and oxygen atoms in total. The fraction of sp³-hybridized carbons (Fsp3) is 0.182. The van der Waals surface area contributed by atoms with Crippen molar-refractivity contribution >= 4 is 21.7 Å². The minimum Gasteiger partial charge on any atom is -0.309 e. The van der Waals surface area contributed by atoms with Crippen molar-refractivity contribution in [2.24, 2.45) is 0 Å². The fourth-order valence-corrected chi connectivity index (χ4v) is 3.28. The van der Waals surface area contributed by atoms with Gasteiger partial charge in [0.05, 0.1) is 17.4 Å². The third-order valence-electron chi connectivity index (χ3n) is 4.84. The molecule has 4 aromatic rings. The summed E-state index contributed by atoms with van der Waals surface area (Å²) in [5.41, 5.74) is 2.90. The lowest BCUT2D eigenvalue weighted by Gasteiger charge is -2.15. The van der Waals surface area contributed by atoms with Crippen molar-refractivity contribution in [3.8, 4) is 0 Å². The number of aryl methyl sites for hydroxylation is 1. The third kappa shape index (κ3) is 3.11. The lowest BCUT2D eigenvalue weighted by molar-refractivity contribution is 0.560. The maximum atomic E-state index is 12.3. The number of H-pyrrole nitrogens is 1. The Bertz CT molecular complexity index is 1150. The highest BCUT2D eigenvalue weighted by atomic mass is 16.1. The summed E-state index contributed by atoms with van der Waals surface area (Å²) in [6.07, 6.45) is 0. The van der Waals surface area contributed by atoms with E-state index in [9.17, 15) is 4.79 Å². The molecule has 0 aliphatic heterocycles. The molecule has 0 radical (unpaired) electrons. The van der Waals surface area contributed by atoms with Gasteiger partial charge in [-0.05, 0) is 47.9 Å². The minimum absolute atomic E-state index is 0.0890. The van der Waals surface area contributed by atoms with Gasteiger partial charge in [0.2, 0.25) is 0 Å². The van der Waals surface area contributed by atoms with Crippen molar-refractivity contribution in [2.45, 2.75) is 26.4 Å². The number of hydrogen-bond donors (Lipinski definition) is 2. The van der Waals surface area contributed by atoms with E-state index in [-0.39, 0.29) is 11.6 Å². The van der Waals surface area contributed by atoms with Crippen LogP contribution in [0.4, 0.5) is 0 Å². The summed E-state index contributed by atoms with van der Waals surface area (Å²) in [5, 5.41) is 6.56. The molecule has 0 saturated carbocycles. The number of aromatic amines is 1. The zero-order valence-electron chi connectivity index (χ0n) is 14.9. The normalized spacial score (nSPS) is 12.5. The Labute approximate surface area is 151 Å². The zero-order chi connectivity index (χ0) is 18.1. The molecule has 0 amide bonds. The van der Waals surface area contributed by atoms with Crippen molar-refractivity contribution in [1.82, 2.24) is 15.3 Å². The summed E-state index contributed by atoms with van der Waals surface area (Å²) in [4.78, 5) is 19.8. The highest BCUT2D eigenvalue weighted by molar-refractivity contribution is 5.83. The lowest BCUT2D eigenvalue weighted by Crippen LogP contribution is -2.22. The first kappa shape index (κ1) is 16.5. The van der Waals surface area contributed by atoms with Gasteiger partial charge in [0, 0.05) is 6.04 Å². The summed E-state index contributed by atoms with van der Waals surface area (Å²) >= 11 is 0. The van der Waals surface area contributed by atoms with Crippen LogP contribution in [0, 0.1) is 6.92 Å². The van der Waals surface area contributed by atoms with Crippen LogP contribution < -0.4 is 10.9 Å². The van der Waals surface area contributed by atoms with Crippen LogP contribution in [0.3, 0.4) is 0 Å². The highest BCUT2D eigenvalue weighted by Gasteiger charge is 2.09. The maximum Gasteiger partial charge on any atom is 0.258 e.